The summed E-state index contributed by atoms with van der Waals surface area (Å²) in [4.78, 5) is 25.7. The summed E-state index contributed by atoms with van der Waals surface area (Å²) in [7, 11) is 2.09. The van der Waals surface area contributed by atoms with Gasteiger partial charge in [0.1, 0.15) is 5.54 Å². The molecule has 2 unspecified atom stereocenters. The van der Waals surface area contributed by atoms with Crippen LogP contribution >= 0.6 is 0 Å². The van der Waals surface area contributed by atoms with Crippen LogP contribution in [-0.2, 0) is 4.79 Å². The van der Waals surface area contributed by atoms with Crippen LogP contribution in [0.1, 0.15) is 19.3 Å². The van der Waals surface area contributed by atoms with E-state index in [1.807, 2.05) is 0 Å². The highest BCUT2D eigenvalue weighted by molar-refractivity contribution is 6.07. The predicted octanol–water partition coefficient (Wildman–Crippen LogP) is -0.0737. The largest absolute Gasteiger partial charge is 0.323 e. The van der Waals surface area contributed by atoms with E-state index in [2.05, 4.69) is 22.6 Å². The number of nitrogens with zero attached hydrogens (tertiary/aromatic N) is 1. The van der Waals surface area contributed by atoms with Crippen molar-refractivity contribution in [3.05, 3.63) is 0 Å². The Morgan fingerprint density at radius 2 is 1.88 bits per heavy atom. The van der Waals surface area contributed by atoms with Gasteiger partial charge >= 0.3 is 6.03 Å². The first kappa shape index (κ1) is 10.1. The molecule has 0 radical (unpaired) electrons. The molecule has 5 nitrogen and oxygen atoms in total. The van der Waals surface area contributed by atoms with Crippen molar-refractivity contribution in [1.82, 2.24) is 15.5 Å². The van der Waals surface area contributed by atoms with Gasteiger partial charge in [-0.3, -0.25) is 10.1 Å². The number of carbonyl (C=O) groups is 2. The van der Waals surface area contributed by atoms with Crippen LogP contribution in [0.4, 0.5) is 4.79 Å². The fraction of sp³-hybridized carbons (Fsp3) is 0.818. The molecular weight excluding hydrogens is 206 g/mol. The lowest BCUT2D eigenvalue weighted by molar-refractivity contribution is -0.133. The van der Waals surface area contributed by atoms with Gasteiger partial charge in [0, 0.05) is 24.9 Å². The van der Waals surface area contributed by atoms with E-state index in [0.717, 1.165) is 25.9 Å². The lowest BCUT2D eigenvalue weighted by Crippen LogP contribution is -2.67. The van der Waals surface area contributed by atoms with Gasteiger partial charge in [0.2, 0.25) is 0 Å². The third kappa shape index (κ3) is 1.15. The van der Waals surface area contributed by atoms with Crippen molar-refractivity contribution >= 4 is 11.9 Å². The molecule has 2 saturated heterocycles. The molecule has 16 heavy (non-hydrogen) atoms. The molecule has 3 rings (SSSR count). The van der Waals surface area contributed by atoms with E-state index in [-0.39, 0.29) is 23.8 Å². The van der Waals surface area contributed by atoms with Crippen molar-refractivity contribution in [1.29, 1.82) is 0 Å². The smallest absolute Gasteiger partial charge is 0.322 e. The molecule has 2 aliphatic heterocycles. The second-order valence-corrected chi connectivity index (χ2v) is 5.32. The van der Waals surface area contributed by atoms with Crippen molar-refractivity contribution < 1.29 is 9.59 Å². The first-order valence-corrected chi connectivity index (χ1v) is 5.95. The van der Waals surface area contributed by atoms with E-state index in [1.165, 1.54) is 6.42 Å². The summed E-state index contributed by atoms with van der Waals surface area (Å²) in [6, 6.07) is -0.313. The van der Waals surface area contributed by atoms with E-state index < -0.39 is 5.54 Å². The van der Waals surface area contributed by atoms with Gasteiger partial charge in [0.15, 0.2) is 0 Å². The summed E-state index contributed by atoms with van der Waals surface area (Å²) in [5.74, 6) is 0.452. The maximum Gasteiger partial charge on any atom is 0.322 e. The second kappa shape index (κ2) is 3.20. The predicted molar refractivity (Wildman–Crippen MR) is 57.7 cm³/mol. The minimum Gasteiger partial charge on any atom is -0.323 e. The number of nitrogens with one attached hydrogen (secondary N) is 2. The van der Waals surface area contributed by atoms with E-state index in [4.69, 9.17) is 0 Å². The average molecular weight is 223 g/mol. The number of urea groups is 1. The first-order chi connectivity index (χ1) is 7.63. The van der Waals surface area contributed by atoms with Gasteiger partial charge in [-0.1, -0.05) is 6.42 Å². The quantitative estimate of drug-likeness (QED) is 0.565. The zero-order chi connectivity index (χ0) is 11.3. The number of likely N-dealkylation sites (tertiary alicyclic amines) is 1. The van der Waals surface area contributed by atoms with Crippen LogP contribution in [0.3, 0.4) is 0 Å². The maximum absolute atomic E-state index is 12.1. The zero-order valence-electron chi connectivity index (χ0n) is 9.45. The minimum atomic E-state index is -0.595. The van der Waals surface area contributed by atoms with Gasteiger partial charge in [-0.25, -0.2) is 4.79 Å². The molecule has 3 fully saturated rings. The topological polar surface area (TPSA) is 61.4 Å². The minimum absolute atomic E-state index is 0.0969. The van der Waals surface area contributed by atoms with Crippen LogP contribution in [0.2, 0.25) is 0 Å². The molecule has 88 valence electrons. The second-order valence-electron chi connectivity index (χ2n) is 5.32. The molecule has 1 saturated carbocycles. The highest BCUT2D eigenvalue weighted by Gasteiger charge is 2.60. The van der Waals surface area contributed by atoms with E-state index in [9.17, 15) is 9.59 Å². The zero-order valence-corrected chi connectivity index (χ0v) is 9.45. The Kier molecular flexibility index (Phi) is 2.01. The summed E-state index contributed by atoms with van der Waals surface area (Å²) < 4.78 is 0. The molecule has 2 bridgehead atoms. The van der Waals surface area contributed by atoms with E-state index in [1.54, 1.807) is 0 Å². The molecule has 1 aliphatic carbocycles. The Hall–Kier alpha value is -1.10. The molecule has 3 aliphatic rings. The standard InChI is InChI=1S/C11H17N3O2/c1-14-5-7-3-2-4-8(6-14)11(7)9(15)12-10(16)13-11/h7-8H,2-6H2,1H3,(H2,12,13,15,16). The normalized spacial score (nSPS) is 43.3. The van der Waals surface area contributed by atoms with Crippen LogP contribution in [0.25, 0.3) is 0 Å². The Balaban J connectivity index is 1.99. The van der Waals surface area contributed by atoms with Crippen molar-refractivity contribution in [2.24, 2.45) is 11.8 Å². The van der Waals surface area contributed by atoms with Crippen molar-refractivity contribution in [2.75, 3.05) is 20.1 Å². The molecule has 1 spiro atoms. The molecule has 0 aromatic rings. The Bertz CT molecular complexity index is 341. The van der Waals surface area contributed by atoms with Crippen LogP contribution < -0.4 is 10.6 Å². The fourth-order valence-corrected chi connectivity index (χ4v) is 3.75. The van der Waals surface area contributed by atoms with Gasteiger partial charge in [-0.15, -0.1) is 0 Å². The lowest BCUT2D eigenvalue weighted by Gasteiger charge is -2.51. The summed E-state index contributed by atoms with van der Waals surface area (Å²) in [5, 5.41) is 5.33. The monoisotopic (exact) mass is 223 g/mol. The van der Waals surface area contributed by atoms with Gasteiger partial charge < -0.3 is 10.2 Å². The highest BCUT2D eigenvalue weighted by atomic mass is 16.2. The van der Waals surface area contributed by atoms with Gasteiger partial charge in [0.05, 0.1) is 0 Å². The van der Waals surface area contributed by atoms with E-state index >= 15 is 0 Å². The van der Waals surface area contributed by atoms with Crippen LogP contribution in [-0.4, -0.2) is 42.5 Å². The Labute approximate surface area is 94.6 Å². The summed E-state index contributed by atoms with van der Waals surface area (Å²) >= 11 is 0. The molecule has 2 N–H and O–H groups in total. The van der Waals surface area contributed by atoms with Gasteiger partial charge in [-0.2, -0.15) is 0 Å². The lowest BCUT2D eigenvalue weighted by atomic mass is 9.63. The summed E-state index contributed by atoms with van der Waals surface area (Å²) in [6.07, 6.45) is 3.25. The Morgan fingerprint density at radius 1 is 1.25 bits per heavy atom. The molecule has 0 aromatic heterocycles. The van der Waals surface area contributed by atoms with Crippen LogP contribution in [0.15, 0.2) is 0 Å². The van der Waals surface area contributed by atoms with Crippen molar-refractivity contribution in [3.63, 3.8) is 0 Å². The number of rotatable bonds is 0. The SMILES string of the molecule is CN1CC2CCCC(C1)C21NC(=O)NC1=O. The number of amides is 3. The molecule has 2 atom stereocenters. The number of piperidine rings is 1. The average Bonchev–Trinajstić information content (AvgIpc) is 2.46. The van der Waals surface area contributed by atoms with Gasteiger partial charge in [0.25, 0.3) is 5.91 Å². The number of hydrogen-bond donors (Lipinski definition) is 2. The maximum atomic E-state index is 12.1. The molecular formula is C11H17N3O2. The molecule has 5 heteroatoms. The first-order valence-electron chi connectivity index (χ1n) is 5.95. The van der Waals surface area contributed by atoms with Crippen molar-refractivity contribution in [2.45, 2.75) is 24.8 Å². The fourth-order valence-electron chi connectivity index (χ4n) is 3.75. The Morgan fingerprint density at radius 3 is 2.38 bits per heavy atom. The summed E-state index contributed by atoms with van der Waals surface area (Å²) in [6.45, 7) is 1.81. The number of hydrogen-bond acceptors (Lipinski definition) is 3. The third-order valence-electron chi connectivity index (χ3n) is 4.38. The number of imide groups is 1. The van der Waals surface area contributed by atoms with Crippen LogP contribution in [0.5, 0.6) is 0 Å². The highest BCUT2D eigenvalue weighted by Crippen LogP contribution is 2.43. The van der Waals surface area contributed by atoms with Crippen molar-refractivity contribution in [3.8, 4) is 0 Å². The third-order valence-corrected chi connectivity index (χ3v) is 4.38. The number of carbonyl (C=O) groups excluding carboxylic acids is 2. The molecule has 0 aromatic carbocycles. The van der Waals surface area contributed by atoms with Gasteiger partial charge in [-0.05, 0) is 19.9 Å². The van der Waals surface area contributed by atoms with Crippen LogP contribution in [0, 0.1) is 11.8 Å². The summed E-state index contributed by atoms with van der Waals surface area (Å²) in [5.41, 5.74) is -0.595. The molecule has 3 amide bonds. The molecule has 2 heterocycles. The van der Waals surface area contributed by atoms with E-state index in [0.29, 0.717) is 0 Å².